The van der Waals surface area contributed by atoms with E-state index in [2.05, 4.69) is 14.7 Å². The van der Waals surface area contributed by atoms with Crippen LogP contribution in [0.15, 0.2) is 103 Å². The number of sulfonamides is 1. The van der Waals surface area contributed by atoms with Crippen molar-refractivity contribution in [3.63, 3.8) is 0 Å². The van der Waals surface area contributed by atoms with Crippen LogP contribution in [-0.2, 0) is 20.6 Å². The van der Waals surface area contributed by atoms with Crippen molar-refractivity contribution in [3.8, 4) is 11.1 Å². The number of carboxylic acids is 1. The van der Waals surface area contributed by atoms with E-state index in [-0.39, 0.29) is 11.3 Å². The second kappa shape index (κ2) is 10.1. The third kappa shape index (κ3) is 5.44. The fourth-order valence-electron chi connectivity index (χ4n) is 4.17. The Morgan fingerprint density at radius 2 is 1.54 bits per heavy atom. The molecule has 0 amide bonds. The quantitative estimate of drug-likeness (QED) is 0.229. The summed E-state index contributed by atoms with van der Waals surface area (Å²) in [6, 6.07) is 27.6. The molecule has 0 aliphatic rings. The number of aromatic nitrogens is 2. The Kier molecular flexibility index (Phi) is 6.57. The van der Waals surface area contributed by atoms with Crippen LogP contribution in [0.5, 0.6) is 0 Å². The molecule has 0 bridgehead atoms. The molecule has 5 aromatic rings. The van der Waals surface area contributed by atoms with Crippen LogP contribution in [-0.4, -0.2) is 29.5 Å². The standard InChI is InChI=1S/C29H23N3O4S/c33-29(34)25(23-9-5-2-6-10-23)17-24-18-31-28-27(24)26(15-16-30-28)32-37(35,36)19-20-11-13-22(14-12-20)21-7-3-1-4-8-21/h1-18H,19H2,(H,33,34)(H2,30,31,32)/b25-17+. The van der Waals surface area contributed by atoms with E-state index in [1.807, 2.05) is 42.5 Å². The number of carboxylic acid groups (broad SMARTS) is 1. The Morgan fingerprint density at radius 1 is 0.892 bits per heavy atom. The number of aromatic amines is 1. The maximum absolute atomic E-state index is 13.1. The molecule has 2 aromatic heterocycles. The summed E-state index contributed by atoms with van der Waals surface area (Å²) in [6.07, 6.45) is 4.62. The summed E-state index contributed by atoms with van der Waals surface area (Å²) in [4.78, 5) is 19.3. The number of benzene rings is 3. The summed E-state index contributed by atoms with van der Waals surface area (Å²) in [6.45, 7) is 0. The number of pyridine rings is 1. The topological polar surface area (TPSA) is 112 Å². The van der Waals surface area contributed by atoms with Crippen LogP contribution < -0.4 is 4.72 Å². The van der Waals surface area contributed by atoms with Gasteiger partial charge in [-0.25, -0.2) is 18.2 Å². The van der Waals surface area contributed by atoms with E-state index in [1.54, 1.807) is 54.7 Å². The van der Waals surface area contributed by atoms with Crippen LogP contribution in [0, 0.1) is 0 Å². The number of anilines is 1. The Hall–Kier alpha value is -4.69. The van der Waals surface area contributed by atoms with Crippen molar-refractivity contribution in [2.75, 3.05) is 4.72 Å². The number of H-pyrrole nitrogens is 1. The van der Waals surface area contributed by atoms with Gasteiger partial charge in [-0.2, -0.15) is 0 Å². The zero-order chi connectivity index (χ0) is 25.8. The van der Waals surface area contributed by atoms with Gasteiger partial charge in [0.05, 0.1) is 22.4 Å². The molecule has 0 unspecified atom stereocenters. The summed E-state index contributed by atoms with van der Waals surface area (Å²) in [7, 11) is -3.78. The minimum absolute atomic E-state index is 0.0812. The lowest BCUT2D eigenvalue weighted by Gasteiger charge is -2.11. The molecule has 0 atom stereocenters. The molecular formula is C29H23N3O4S. The molecule has 184 valence electrons. The molecule has 3 aromatic carbocycles. The van der Waals surface area contributed by atoms with Crippen LogP contribution in [0.2, 0.25) is 0 Å². The molecular weight excluding hydrogens is 486 g/mol. The van der Waals surface area contributed by atoms with E-state index >= 15 is 0 Å². The van der Waals surface area contributed by atoms with Crippen LogP contribution in [0.25, 0.3) is 33.8 Å². The van der Waals surface area contributed by atoms with Crippen LogP contribution in [0.4, 0.5) is 5.69 Å². The third-order valence-corrected chi connectivity index (χ3v) is 7.15. The maximum atomic E-state index is 13.1. The highest BCUT2D eigenvalue weighted by Crippen LogP contribution is 2.30. The molecule has 0 saturated carbocycles. The summed E-state index contributed by atoms with van der Waals surface area (Å²) < 4.78 is 28.9. The van der Waals surface area contributed by atoms with Gasteiger partial charge in [0.25, 0.3) is 0 Å². The molecule has 7 nitrogen and oxygen atoms in total. The number of nitrogens with one attached hydrogen (secondary N) is 2. The number of nitrogens with zero attached hydrogens (tertiary/aromatic N) is 1. The SMILES string of the molecule is O=C(O)/C(=C/c1c[nH]c2nccc(NS(=O)(=O)Cc3ccc(-c4ccccc4)cc3)c12)c1ccccc1. The minimum Gasteiger partial charge on any atom is -0.478 e. The number of fused-ring (bicyclic) bond motifs is 1. The molecule has 0 aliphatic heterocycles. The van der Waals surface area contributed by atoms with Crippen LogP contribution in [0.3, 0.4) is 0 Å². The number of rotatable bonds is 8. The van der Waals surface area contributed by atoms with Gasteiger partial charge in [0.15, 0.2) is 0 Å². The van der Waals surface area contributed by atoms with Crippen molar-refractivity contribution in [2.45, 2.75) is 5.75 Å². The van der Waals surface area contributed by atoms with Crippen molar-refractivity contribution in [3.05, 3.63) is 120 Å². The molecule has 0 fully saturated rings. The monoisotopic (exact) mass is 509 g/mol. The molecule has 0 radical (unpaired) electrons. The normalized spacial score (nSPS) is 11.9. The molecule has 5 rings (SSSR count). The summed E-state index contributed by atoms with van der Waals surface area (Å²) in [5.74, 6) is -1.31. The van der Waals surface area contributed by atoms with E-state index in [9.17, 15) is 18.3 Å². The number of hydrogen-bond donors (Lipinski definition) is 3. The Bertz CT molecular complexity index is 1690. The first-order valence-corrected chi connectivity index (χ1v) is 13.2. The fraction of sp³-hybridized carbons (Fsp3) is 0.0345. The lowest BCUT2D eigenvalue weighted by atomic mass is 10.0. The van der Waals surface area contributed by atoms with Crippen LogP contribution >= 0.6 is 0 Å². The molecule has 0 saturated heterocycles. The average Bonchev–Trinajstić information content (AvgIpc) is 3.32. The van der Waals surface area contributed by atoms with Gasteiger partial charge in [0.2, 0.25) is 10.0 Å². The lowest BCUT2D eigenvalue weighted by Crippen LogP contribution is -2.15. The Balaban J connectivity index is 1.44. The summed E-state index contributed by atoms with van der Waals surface area (Å²) in [5.41, 5.74) is 4.58. The number of hydrogen-bond acceptors (Lipinski definition) is 4. The van der Waals surface area contributed by atoms with Gasteiger partial charge in [-0.3, -0.25) is 4.72 Å². The van der Waals surface area contributed by atoms with Crippen molar-refractivity contribution in [1.29, 1.82) is 0 Å². The smallest absolute Gasteiger partial charge is 0.336 e. The predicted octanol–water partition coefficient (Wildman–Crippen LogP) is 5.80. The fourth-order valence-corrected chi connectivity index (χ4v) is 5.38. The molecule has 0 spiro atoms. The highest BCUT2D eigenvalue weighted by atomic mass is 32.2. The lowest BCUT2D eigenvalue weighted by molar-refractivity contribution is -0.130. The first-order valence-electron chi connectivity index (χ1n) is 11.5. The highest BCUT2D eigenvalue weighted by Gasteiger charge is 2.18. The molecule has 8 heteroatoms. The largest absolute Gasteiger partial charge is 0.478 e. The van der Waals surface area contributed by atoms with Gasteiger partial charge in [-0.1, -0.05) is 84.9 Å². The summed E-state index contributed by atoms with van der Waals surface area (Å²) >= 11 is 0. The highest BCUT2D eigenvalue weighted by molar-refractivity contribution is 7.91. The number of aliphatic carboxylic acids is 1. The second-order valence-electron chi connectivity index (χ2n) is 8.48. The van der Waals surface area contributed by atoms with Crippen molar-refractivity contribution in [2.24, 2.45) is 0 Å². The van der Waals surface area contributed by atoms with Gasteiger partial charge in [-0.05, 0) is 34.4 Å². The van der Waals surface area contributed by atoms with E-state index in [4.69, 9.17) is 0 Å². The van der Waals surface area contributed by atoms with Gasteiger partial charge in [0, 0.05) is 18.0 Å². The van der Waals surface area contributed by atoms with Crippen molar-refractivity contribution >= 4 is 44.4 Å². The Labute approximate surface area is 214 Å². The van der Waals surface area contributed by atoms with Crippen molar-refractivity contribution < 1.29 is 18.3 Å². The first-order chi connectivity index (χ1) is 17.9. The Morgan fingerprint density at radius 3 is 2.22 bits per heavy atom. The average molecular weight is 510 g/mol. The molecule has 3 N–H and O–H groups in total. The molecule has 0 aliphatic carbocycles. The zero-order valence-corrected chi connectivity index (χ0v) is 20.4. The number of carbonyl (C=O) groups is 1. The van der Waals surface area contributed by atoms with Gasteiger partial charge < -0.3 is 10.1 Å². The minimum atomic E-state index is -3.78. The van der Waals surface area contributed by atoms with Gasteiger partial charge >= 0.3 is 5.97 Å². The predicted molar refractivity (Wildman–Crippen MR) is 146 cm³/mol. The zero-order valence-electron chi connectivity index (χ0n) is 19.6. The van der Waals surface area contributed by atoms with E-state index in [1.165, 1.54) is 12.3 Å². The molecule has 2 heterocycles. The maximum Gasteiger partial charge on any atom is 0.336 e. The van der Waals surface area contributed by atoms with Gasteiger partial charge in [-0.15, -0.1) is 0 Å². The second-order valence-corrected chi connectivity index (χ2v) is 10.2. The van der Waals surface area contributed by atoms with Crippen molar-refractivity contribution in [1.82, 2.24) is 9.97 Å². The van der Waals surface area contributed by atoms with E-state index < -0.39 is 16.0 Å². The van der Waals surface area contributed by atoms with E-state index in [0.717, 1.165) is 11.1 Å². The molecule has 37 heavy (non-hydrogen) atoms. The van der Waals surface area contributed by atoms with Gasteiger partial charge in [0.1, 0.15) is 5.65 Å². The van der Waals surface area contributed by atoms with E-state index in [0.29, 0.717) is 33.4 Å². The van der Waals surface area contributed by atoms with Crippen LogP contribution in [0.1, 0.15) is 16.7 Å². The third-order valence-electron chi connectivity index (χ3n) is 5.90. The first kappa shape index (κ1) is 24.0. The summed E-state index contributed by atoms with van der Waals surface area (Å²) in [5, 5.41) is 10.3.